The zero-order valence-electron chi connectivity index (χ0n) is 12.9. The summed E-state index contributed by atoms with van der Waals surface area (Å²) in [6.45, 7) is -0.256. The number of amides is 1. The normalized spacial score (nSPS) is 17.6. The highest BCUT2D eigenvalue weighted by Gasteiger charge is 2.29. The number of carbonyl (C=O) groups excluding carboxylic acids is 1. The minimum Gasteiger partial charge on any atom is -0.398 e. The molecule has 23 heavy (non-hydrogen) atoms. The topological polar surface area (TPSA) is 122 Å². The van der Waals surface area contributed by atoms with Gasteiger partial charge in [-0.15, -0.1) is 0 Å². The van der Waals surface area contributed by atoms with Gasteiger partial charge < -0.3 is 16.2 Å². The molecular formula is C15H23N3O4S. The Labute approximate surface area is 136 Å². The van der Waals surface area contributed by atoms with E-state index < -0.39 is 28.1 Å². The van der Waals surface area contributed by atoms with E-state index in [0.29, 0.717) is 12.8 Å². The Balaban J connectivity index is 1.85. The lowest BCUT2D eigenvalue weighted by molar-refractivity contribution is -0.121. The Morgan fingerprint density at radius 1 is 1.22 bits per heavy atom. The molecule has 128 valence electrons. The lowest BCUT2D eigenvalue weighted by atomic mass is 9.85. The molecule has 0 saturated heterocycles. The minimum atomic E-state index is -3.84. The van der Waals surface area contributed by atoms with E-state index in [4.69, 9.17) is 5.73 Å². The van der Waals surface area contributed by atoms with Gasteiger partial charge in [-0.25, -0.2) is 13.1 Å². The van der Waals surface area contributed by atoms with E-state index >= 15 is 0 Å². The van der Waals surface area contributed by atoms with Crippen LogP contribution >= 0.6 is 0 Å². The van der Waals surface area contributed by atoms with Crippen molar-refractivity contribution < 1.29 is 18.3 Å². The average Bonchev–Trinajstić information content (AvgIpc) is 2.52. The van der Waals surface area contributed by atoms with Crippen LogP contribution in [0.5, 0.6) is 0 Å². The molecule has 1 saturated carbocycles. The van der Waals surface area contributed by atoms with Crippen LogP contribution in [0.3, 0.4) is 0 Å². The highest BCUT2D eigenvalue weighted by atomic mass is 32.2. The predicted octanol–water partition coefficient (Wildman–Crippen LogP) is 0.358. The molecule has 1 amide bonds. The first-order valence-corrected chi connectivity index (χ1v) is 9.14. The number of nitrogen functional groups attached to an aromatic ring is 1. The third-order valence-corrected chi connectivity index (χ3v) is 5.51. The summed E-state index contributed by atoms with van der Waals surface area (Å²) in [6, 6.07) is 6.04. The van der Waals surface area contributed by atoms with Gasteiger partial charge in [-0.1, -0.05) is 31.4 Å². The van der Waals surface area contributed by atoms with E-state index in [2.05, 4.69) is 10.0 Å². The second-order valence-electron chi connectivity index (χ2n) is 5.92. The number of rotatable bonds is 6. The van der Waals surface area contributed by atoms with Crippen molar-refractivity contribution >= 4 is 21.6 Å². The minimum absolute atomic E-state index is 0.0568. The summed E-state index contributed by atoms with van der Waals surface area (Å²) >= 11 is 0. The number of nitrogens with one attached hydrogen (secondary N) is 2. The number of hydrogen-bond donors (Lipinski definition) is 4. The summed E-state index contributed by atoms with van der Waals surface area (Å²) in [7, 11) is -3.84. The molecule has 0 unspecified atom stereocenters. The van der Waals surface area contributed by atoms with Gasteiger partial charge in [-0.05, 0) is 25.0 Å². The van der Waals surface area contributed by atoms with Crippen LogP contribution in [0.25, 0.3) is 0 Å². The first-order chi connectivity index (χ1) is 10.8. The molecule has 0 heterocycles. The summed E-state index contributed by atoms with van der Waals surface area (Å²) < 4.78 is 26.4. The molecule has 0 spiro atoms. The SMILES string of the molecule is Nc1ccccc1S(=O)(=O)NCC(=O)NCC1(O)CCCCC1. The van der Waals surface area contributed by atoms with Crippen molar-refractivity contribution in [1.29, 1.82) is 0 Å². The number of carbonyl (C=O) groups is 1. The standard InChI is InChI=1S/C15H23N3O4S/c16-12-6-2-3-7-13(12)23(21,22)18-10-14(19)17-11-15(20)8-4-1-5-9-15/h2-3,6-7,18,20H,1,4-5,8-11,16H2,(H,17,19). The highest BCUT2D eigenvalue weighted by Crippen LogP contribution is 2.27. The molecule has 1 fully saturated rings. The first-order valence-electron chi connectivity index (χ1n) is 7.66. The summed E-state index contributed by atoms with van der Waals surface area (Å²) in [6.07, 6.45) is 4.27. The van der Waals surface area contributed by atoms with Gasteiger partial charge in [0.15, 0.2) is 0 Å². The largest absolute Gasteiger partial charge is 0.398 e. The third-order valence-electron chi connectivity index (χ3n) is 4.03. The average molecular weight is 341 g/mol. The molecule has 0 aliphatic heterocycles. The van der Waals surface area contributed by atoms with Crippen LogP contribution in [0.15, 0.2) is 29.2 Å². The molecule has 1 aromatic rings. The van der Waals surface area contributed by atoms with Crippen LogP contribution in [-0.4, -0.2) is 38.1 Å². The molecule has 8 heteroatoms. The molecule has 0 radical (unpaired) electrons. The van der Waals surface area contributed by atoms with E-state index in [1.54, 1.807) is 12.1 Å². The smallest absolute Gasteiger partial charge is 0.243 e. The number of hydrogen-bond acceptors (Lipinski definition) is 5. The summed E-state index contributed by atoms with van der Waals surface area (Å²) in [4.78, 5) is 11.8. The second kappa shape index (κ2) is 7.29. The van der Waals surface area contributed by atoms with Gasteiger partial charge in [0.1, 0.15) is 4.90 Å². The first kappa shape index (κ1) is 17.7. The fourth-order valence-corrected chi connectivity index (χ4v) is 3.79. The molecule has 1 aliphatic carbocycles. The van der Waals surface area contributed by atoms with Crippen molar-refractivity contribution in [2.24, 2.45) is 0 Å². The third kappa shape index (κ3) is 4.92. The zero-order valence-corrected chi connectivity index (χ0v) is 13.7. The fourth-order valence-electron chi connectivity index (χ4n) is 2.68. The van der Waals surface area contributed by atoms with Gasteiger partial charge in [0.25, 0.3) is 0 Å². The number of anilines is 1. The van der Waals surface area contributed by atoms with Crippen LogP contribution in [0.1, 0.15) is 32.1 Å². The fraction of sp³-hybridized carbons (Fsp3) is 0.533. The van der Waals surface area contributed by atoms with Gasteiger partial charge in [-0.2, -0.15) is 0 Å². The van der Waals surface area contributed by atoms with Crippen molar-refractivity contribution in [3.8, 4) is 0 Å². The van der Waals surface area contributed by atoms with E-state index in [-0.39, 0.29) is 17.1 Å². The zero-order chi connectivity index (χ0) is 16.9. The molecule has 2 rings (SSSR count). The number of benzene rings is 1. The van der Waals surface area contributed by atoms with Crippen molar-refractivity contribution in [2.45, 2.75) is 42.6 Å². The number of aliphatic hydroxyl groups is 1. The molecular weight excluding hydrogens is 318 g/mol. The maximum absolute atomic E-state index is 12.1. The molecule has 5 N–H and O–H groups in total. The maximum Gasteiger partial charge on any atom is 0.243 e. The van der Waals surface area contributed by atoms with Gasteiger partial charge in [0, 0.05) is 6.54 Å². The highest BCUT2D eigenvalue weighted by molar-refractivity contribution is 7.89. The molecule has 0 bridgehead atoms. The monoisotopic (exact) mass is 341 g/mol. The van der Waals surface area contributed by atoms with Crippen LogP contribution in [0, 0.1) is 0 Å². The van der Waals surface area contributed by atoms with E-state index in [0.717, 1.165) is 19.3 Å². The lowest BCUT2D eigenvalue weighted by Gasteiger charge is -2.32. The van der Waals surface area contributed by atoms with E-state index in [1.165, 1.54) is 12.1 Å². The van der Waals surface area contributed by atoms with E-state index in [9.17, 15) is 18.3 Å². The Kier molecular flexibility index (Phi) is 5.61. The number of nitrogens with two attached hydrogens (primary N) is 1. The molecule has 1 aliphatic rings. The summed E-state index contributed by atoms with van der Waals surface area (Å²) in [5.74, 6) is -0.484. The van der Waals surface area contributed by atoms with Gasteiger partial charge in [0.05, 0.1) is 17.8 Å². The Morgan fingerprint density at radius 2 is 1.87 bits per heavy atom. The van der Waals surface area contributed by atoms with Crippen molar-refractivity contribution in [2.75, 3.05) is 18.8 Å². The Bertz CT molecular complexity index is 654. The van der Waals surface area contributed by atoms with Crippen LogP contribution in [0.2, 0.25) is 0 Å². The second-order valence-corrected chi connectivity index (χ2v) is 7.66. The lowest BCUT2D eigenvalue weighted by Crippen LogP contribution is -2.46. The molecule has 0 atom stereocenters. The van der Waals surface area contributed by atoms with Crippen LogP contribution in [-0.2, 0) is 14.8 Å². The van der Waals surface area contributed by atoms with Gasteiger partial charge in [-0.3, -0.25) is 4.79 Å². The van der Waals surface area contributed by atoms with Crippen LogP contribution in [0.4, 0.5) is 5.69 Å². The van der Waals surface area contributed by atoms with E-state index in [1.807, 2.05) is 0 Å². The Morgan fingerprint density at radius 3 is 2.52 bits per heavy atom. The maximum atomic E-state index is 12.1. The summed E-state index contributed by atoms with van der Waals surface area (Å²) in [5, 5.41) is 12.9. The number of para-hydroxylation sites is 1. The molecule has 0 aromatic heterocycles. The van der Waals surface area contributed by atoms with Crippen LogP contribution < -0.4 is 15.8 Å². The Hall–Kier alpha value is -1.64. The van der Waals surface area contributed by atoms with Crippen molar-refractivity contribution in [3.05, 3.63) is 24.3 Å². The van der Waals surface area contributed by atoms with Gasteiger partial charge >= 0.3 is 0 Å². The number of sulfonamides is 1. The quantitative estimate of drug-likeness (QED) is 0.557. The molecule has 7 nitrogen and oxygen atoms in total. The van der Waals surface area contributed by atoms with Crippen molar-refractivity contribution in [1.82, 2.24) is 10.0 Å². The molecule has 1 aromatic carbocycles. The van der Waals surface area contributed by atoms with Gasteiger partial charge in [0.2, 0.25) is 15.9 Å². The predicted molar refractivity (Wildman–Crippen MR) is 87.1 cm³/mol. The van der Waals surface area contributed by atoms with Crippen molar-refractivity contribution in [3.63, 3.8) is 0 Å². The summed E-state index contributed by atoms with van der Waals surface area (Å²) in [5.41, 5.74) is 4.88.